The molecule has 1 aliphatic heterocycles. The van der Waals surface area contributed by atoms with Crippen LogP contribution in [0, 0.1) is 13.8 Å². The molecule has 0 unspecified atom stereocenters. The molecule has 156 valence electrons. The number of para-hydroxylation sites is 1. The predicted molar refractivity (Wildman–Crippen MR) is 105 cm³/mol. The van der Waals surface area contributed by atoms with Gasteiger partial charge in [0.1, 0.15) is 6.54 Å². The van der Waals surface area contributed by atoms with E-state index in [1.807, 2.05) is 0 Å². The zero-order valence-electron chi connectivity index (χ0n) is 16.9. The number of ether oxygens (including phenoxy) is 2. The van der Waals surface area contributed by atoms with E-state index in [0.717, 1.165) is 4.90 Å². The van der Waals surface area contributed by atoms with Crippen molar-refractivity contribution in [1.29, 1.82) is 0 Å². The normalized spacial score (nSPS) is 13.8. The number of H-pyrrole nitrogens is 1. The molecule has 30 heavy (non-hydrogen) atoms. The molecule has 0 bridgehead atoms. The molecule has 9 heteroatoms. The average Bonchev–Trinajstić information content (AvgIpc) is 3.15. The van der Waals surface area contributed by atoms with E-state index < -0.39 is 42.1 Å². The summed E-state index contributed by atoms with van der Waals surface area (Å²) >= 11 is 0. The molecule has 0 saturated carbocycles. The van der Waals surface area contributed by atoms with Gasteiger partial charge in [0.05, 0.1) is 29.6 Å². The Morgan fingerprint density at radius 1 is 1.13 bits per heavy atom. The molecule has 1 aliphatic rings. The molecule has 1 aromatic heterocycles. The highest BCUT2D eigenvalue weighted by molar-refractivity contribution is 6.52. The van der Waals surface area contributed by atoms with Crippen LogP contribution in [0.5, 0.6) is 0 Å². The van der Waals surface area contributed by atoms with E-state index in [1.54, 1.807) is 32.0 Å². The fourth-order valence-corrected chi connectivity index (χ4v) is 3.43. The summed E-state index contributed by atoms with van der Waals surface area (Å²) < 4.78 is 9.91. The largest absolute Gasteiger partial charge is 0.465 e. The van der Waals surface area contributed by atoms with Crippen LogP contribution in [-0.4, -0.2) is 54.2 Å². The summed E-state index contributed by atoms with van der Waals surface area (Å²) in [4.78, 5) is 65.0. The lowest BCUT2D eigenvalue weighted by atomic mass is 10.1. The molecule has 0 spiro atoms. The summed E-state index contributed by atoms with van der Waals surface area (Å²) in [5.41, 5.74) is 1.76. The minimum absolute atomic E-state index is 0.131. The third-order valence-corrected chi connectivity index (χ3v) is 4.92. The number of benzene rings is 1. The highest BCUT2D eigenvalue weighted by Gasteiger charge is 2.37. The minimum atomic E-state index is -1.18. The van der Waals surface area contributed by atoms with Crippen molar-refractivity contribution in [3.8, 4) is 0 Å². The SMILES string of the molecule is COC(=O)c1c(C)[nH]c(C(=O)[C@@H](C)OC(=O)CN2C(=O)C(=O)c3ccccc32)c1C. The third kappa shape index (κ3) is 3.49. The molecule has 0 aliphatic carbocycles. The summed E-state index contributed by atoms with van der Waals surface area (Å²) in [6.45, 7) is 4.09. The first-order valence-corrected chi connectivity index (χ1v) is 9.13. The van der Waals surface area contributed by atoms with Crippen molar-refractivity contribution < 1.29 is 33.4 Å². The smallest absolute Gasteiger partial charge is 0.339 e. The van der Waals surface area contributed by atoms with Crippen LogP contribution in [0.25, 0.3) is 0 Å². The fourth-order valence-electron chi connectivity index (χ4n) is 3.43. The molecule has 2 aromatic rings. The summed E-state index contributed by atoms with van der Waals surface area (Å²) in [6, 6.07) is 6.32. The van der Waals surface area contributed by atoms with Gasteiger partial charge < -0.3 is 14.5 Å². The average molecular weight is 412 g/mol. The number of Topliss-reactive ketones (excluding diaryl/α,β-unsaturated/α-hetero) is 2. The minimum Gasteiger partial charge on any atom is -0.465 e. The standard InChI is InChI=1S/C21H20N2O7/c1-10-16(21(28)29-4)11(2)22-17(10)18(25)12(3)30-15(24)9-23-14-8-6-5-7-13(14)19(26)20(23)27/h5-8,12,22H,9H2,1-4H3/t12-/m1/s1. The molecule has 1 atom stereocenters. The number of nitrogens with zero attached hydrogens (tertiary/aromatic N) is 1. The van der Waals surface area contributed by atoms with Gasteiger partial charge in [0.25, 0.3) is 11.7 Å². The number of carbonyl (C=O) groups is 5. The lowest BCUT2D eigenvalue weighted by Gasteiger charge is -2.17. The Bertz CT molecular complexity index is 1080. The number of ketones is 2. The van der Waals surface area contributed by atoms with Crippen molar-refractivity contribution >= 4 is 35.1 Å². The van der Waals surface area contributed by atoms with Gasteiger partial charge in [0.2, 0.25) is 5.78 Å². The summed E-state index contributed by atoms with van der Waals surface area (Å²) in [6.07, 6.45) is -1.18. The lowest BCUT2D eigenvalue weighted by molar-refractivity contribution is -0.145. The number of methoxy groups -OCH3 is 1. The molecule has 9 nitrogen and oxygen atoms in total. The number of nitrogens with one attached hydrogen (secondary N) is 1. The Balaban J connectivity index is 1.73. The Morgan fingerprint density at radius 3 is 2.47 bits per heavy atom. The maximum Gasteiger partial charge on any atom is 0.339 e. The van der Waals surface area contributed by atoms with E-state index in [4.69, 9.17) is 9.47 Å². The summed E-state index contributed by atoms with van der Waals surface area (Å²) in [5.74, 6) is -3.49. The summed E-state index contributed by atoms with van der Waals surface area (Å²) in [7, 11) is 1.24. The first-order chi connectivity index (χ1) is 14.2. The molecule has 0 saturated heterocycles. The van der Waals surface area contributed by atoms with Crippen LogP contribution >= 0.6 is 0 Å². The number of hydrogen-bond acceptors (Lipinski definition) is 7. The number of aryl methyl sites for hydroxylation is 1. The second-order valence-electron chi connectivity index (χ2n) is 6.85. The molecular weight excluding hydrogens is 392 g/mol. The Kier molecular flexibility index (Phi) is 5.55. The quantitative estimate of drug-likeness (QED) is 0.436. The highest BCUT2D eigenvalue weighted by Crippen LogP contribution is 2.28. The first kappa shape index (κ1) is 21.0. The number of aromatic nitrogens is 1. The molecular formula is C21H20N2O7. The molecule has 2 heterocycles. The maximum atomic E-state index is 12.7. The Morgan fingerprint density at radius 2 is 1.80 bits per heavy atom. The summed E-state index contributed by atoms with van der Waals surface area (Å²) in [5, 5.41) is 0. The van der Waals surface area contributed by atoms with Gasteiger partial charge in [-0.1, -0.05) is 12.1 Å². The Hall–Kier alpha value is -3.75. The van der Waals surface area contributed by atoms with Crippen molar-refractivity contribution in [2.24, 2.45) is 0 Å². The zero-order valence-corrected chi connectivity index (χ0v) is 16.9. The van der Waals surface area contributed by atoms with E-state index in [-0.39, 0.29) is 16.8 Å². The van der Waals surface area contributed by atoms with E-state index in [9.17, 15) is 24.0 Å². The van der Waals surface area contributed by atoms with Gasteiger partial charge in [-0.25, -0.2) is 4.79 Å². The van der Waals surface area contributed by atoms with Crippen LogP contribution in [0.2, 0.25) is 0 Å². The molecule has 1 aromatic carbocycles. The van der Waals surface area contributed by atoms with E-state index in [1.165, 1.54) is 20.1 Å². The molecule has 0 fully saturated rings. The number of hydrogen-bond donors (Lipinski definition) is 1. The molecule has 1 N–H and O–H groups in total. The molecule has 0 radical (unpaired) electrons. The van der Waals surface area contributed by atoms with Crippen LogP contribution in [-0.2, 0) is 19.1 Å². The third-order valence-electron chi connectivity index (χ3n) is 4.92. The van der Waals surface area contributed by atoms with Gasteiger partial charge in [-0.15, -0.1) is 0 Å². The van der Waals surface area contributed by atoms with Crippen LogP contribution in [0.15, 0.2) is 24.3 Å². The van der Waals surface area contributed by atoms with Crippen molar-refractivity contribution in [2.75, 3.05) is 18.6 Å². The topological polar surface area (TPSA) is 123 Å². The van der Waals surface area contributed by atoms with Gasteiger partial charge in [-0.2, -0.15) is 0 Å². The fraction of sp³-hybridized carbons (Fsp3) is 0.286. The van der Waals surface area contributed by atoms with Crippen LogP contribution < -0.4 is 4.90 Å². The van der Waals surface area contributed by atoms with Gasteiger partial charge in [-0.3, -0.25) is 24.1 Å². The number of esters is 2. The van der Waals surface area contributed by atoms with E-state index in [2.05, 4.69) is 4.98 Å². The predicted octanol–water partition coefficient (Wildman–Crippen LogP) is 1.76. The molecule has 3 rings (SSSR count). The van der Waals surface area contributed by atoms with Crippen molar-refractivity contribution in [2.45, 2.75) is 26.9 Å². The number of anilines is 1. The highest BCUT2D eigenvalue weighted by atomic mass is 16.5. The second-order valence-corrected chi connectivity index (χ2v) is 6.85. The number of aromatic amines is 1. The van der Waals surface area contributed by atoms with Gasteiger partial charge >= 0.3 is 11.9 Å². The lowest BCUT2D eigenvalue weighted by Crippen LogP contribution is -2.37. The maximum absolute atomic E-state index is 12.7. The molecule has 1 amide bonds. The number of amides is 1. The number of rotatable bonds is 6. The van der Waals surface area contributed by atoms with Gasteiger partial charge in [0, 0.05) is 5.69 Å². The van der Waals surface area contributed by atoms with Crippen molar-refractivity contribution in [3.05, 3.63) is 52.3 Å². The van der Waals surface area contributed by atoms with E-state index in [0.29, 0.717) is 16.9 Å². The van der Waals surface area contributed by atoms with Crippen LogP contribution in [0.4, 0.5) is 5.69 Å². The number of carbonyl (C=O) groups excluding carboxylic acids is 5. The first-order valence-electron chi connectivity index (χ1n) is 9.13. The van der Waals surface area contributed by atoms with Crippen LogP contribution in [0.3, 0.4) is 0 Å². The second kappa shape index (κ2) is 7.94. The van der Waals surface area contributed by atoms with E-state index >= 15 is 0 Å². The monoisotopic (exact) mass is 412 g/mol. The van der Waals surface area contributed by atoms with Crippen molar-refractivity contribution in [1.82, 2.24) is 4.98 Å². The zero-order chi connectivity index (χ0) is 22.2. The van der Waals surface area contributed by atoms with Gasteiger partial charge in [0.15, 0.2) is 6.10 Å². The van der Waals surface area contributed by atoms with Gasteiger partial charge in [-0.05, 0) is 38.5 Å². The number of fused-ring (bicyclic) bond motifs is 1. The van der Waals surface area contributed by atoms with Crippen molar-refractivity contribution in [3.63, 3.8) is 0 Å². The Labute approximate surface area is 172 Å². The van der Waals surface area contributed by atoms with Crippen LogP contribution in [0.1, 0.15) is 49.4 Å².